The zero-order valence-corrected chi connectivity index (χ0v) is 11.8. The van der Waals surface area contributed by atoms with E-state index in [1.54, 1.807) is 0 Å². The van der Waals surface area contributed by atoms with Gasteiger partial charge in [0.1, 0.15) is 0 Å². The second kappa shape index (κ2) is 7.50. The van der Waals surface area contributed by atoms with E-state index in [9.17, 15) is 0 Å². The molecule has 0 radical (unpaired) electrons. The maximum atomic E-state index is 3.49. The summed E-state index contributed by atoms with van der Waals surface area (Å²) in [6, 6.07) is 6.87. The second-order valence-corrected chi connectivity index (χ2v) is 5.55. The number of hydrogen-bond donors (Lipinski definition) is 1. The predicted molar refractivity (Wildman–Crippen MR) is 76.6 cm³/mol. The lowest BCUT2D eigenvalue weighted by Crippen LogP contribution is -2.20. The zero-order chi connectivity index (χ0) is 12.7. The molecule has 0 heterocycles. The van der Waals surface area contributed by atoms with Gasteiger partial charge in [0.15, 0.2) is 0 Å². The molecule has 0 aromatic heterocycles. The Labute approximate surface area is 107 Å². The third kappa shape index (κ3) is 6.48. The van der Waals surface area contributed by atoms with Crippen LogP contribution in [0.15, 0.2) is 18.2 Å². The van der Waals surface area contributed by atoms with Gasteiger partial charge in [-0.2, -0.15) is 0 Å². The molecule has 17 heavy (non-hydrogen) atoms. The number of unbranched alkanes of at least 4 members (excludes halogenated alkanes) is 1. The maximum Gasteiger partial charge on any atom is -0.00258 e. The molecule has 0 aliphatic heterocycles. The van der Waals surface area contributed by atoms with Gasteiger partial charge in [0.05, 0.1) is 0 Å². The fourth-order valence-electron chi connectivity index (χ4n) is 2.18. The Morgan fingerprint density at radius 2 is 1.65 bits per heavy atom. The van der Waals surface area contributed by atoms with E-state index in [4.69, 9.17) is 0 Å². The summed E-state index contributed by atoms with van der Waals surface area (Å²) in [5.74, 6) is 0.759. The highest BCUT2D eigenvalue weighted by molar-refractivity contribution is 5.28. The molecule has 0 fully saturated rings. The van der Waals surface area contributed by atoms with E-state index in [1.807, 2.05) is 0 Å². The molecule has 1 nitrogen and oxygen atoms in total. The van der Waals surface area contributed by atoms with Gasteiger partial charge in [0.25, 0.3) is 0 Å². The predicted octanol–water partition coefficient (Wildman–Crippen LogP) is 3.87. The van der Waals surface area contributed by atoms with Gasteiger partial charge in [-0.05, 0) is 57.7 Å². The number of benzene rings is 1. The first kappa shape index (κ1) is 14.2. The lowest BCUT2D eigenvalue weighted by Gasteiger charge is -2.08. The van der Waals surface area contributed by atoms with Crippen LogP contribution in [-0.4, -0.2) is 13.1 Å². The molecule has 1 heteroatoms. The van der Waals surface area contributed by atoms with Crippen LogP contribution in [0.25, 0.3) is 0 Å². The molecule has 0 amide bonds. The van der Waals surface area contributed by atoms with Gasteiger partial charge in [0, 0.05) is 0 Å². The third-order valence-corrected chi connectivity index (χ3v) is 2.90. The summed E-state index contributed by atoms with van der Waals surface area (Å²) in [6.45, 7) is 11.2. The monoisotopic (exact) mass is 233 g/mol. The molecule has 0 saturated carbocycles. The molecular formula is C16H27N. The zero-order valence-electron chi connectivity index (χ0n) is 11.8. The Kier molecular flexibility index (Phi) is 6.28. The van der Waals surface area contributed by atoms with Crippen LogP contribution >= 0.6 is 0 Å². The van der Waals surface area contributed by atoms with E-state index in [2.05, 4.69) is 51.2 Å². The molecule has 0 saturated heterocycles. The molecule has 1 N–H and O–H groups in total. The van der Waals surface area contributed by atoms with Crippen molar-refractivity contribution in [2.45, 2.75) is 47.0 Å². The first-order chi connectivity index (χ1) is 8.08. The van der Waals surface area contributed by atoms with Crippen LogP contribution in [0, 0.1) is 19.8 Å². The molecule has 0 atom stereocenters. The van der Waals surface area contributed by atoms with E-state index in [0.29, 0.717) is 0 Å². The first-order valence-corrected chi connectivity index (χ1v) is 6.86. The summed E-state index contributed by atoms with van der Waals surface area (Å²) in [5.41, 5.74) is 4.27. The normalized spacial score (nSPS) is 11.1. The molecule has 0 spiro atoms. The standard InChI is InChI=1S/C16H27N/c1-13(2)12-17-8-6-5-7-16-10-14(3)9-15(4)11-16/h9-11,13,17H,5-8,12H2,1-4H3. The van der Waals surface area contributed by atoms with Gasteiger partial charge in [-0.15, -0.1) is 0 Å². The smallest absolute Gasteiger partial charge is 0.00258 e. The highest BCUT2D eigenvalue weighted by atomic mass is 14.8. The van der Waals surface area contributed by atoms with Crippen LogP contribution in [0.3, 0.4) is 0 Å². The Balaban J connectivity index is 2.18. The second-order valence-electron chi connectivity index (χ2n) is 5.55. The molecule has 96 valence electrons. The largest absolute Gasteiger partial charge is 0.316 e. The van der Waals surface area contributed by atoms with Crippen LogP contribution in [0.5, 0.6) is 0 Å². The number of rotatable bonds is 7. The molecule has 1 rings (SSSR count). The van der Waals surface area contributed by atoms with Crippen LogP contribution in [0.4, 0.5) is 0 Å². The summed E-state index contributed by atoms with van der Waals surface area (Å²) >= 11 is 0. The van der Waals surface area contributed by atoms with Gasteiger partial charge in [-0.3, -0.25) is 0 Å². The molecule has 0 unspecified atom stereocenters. The molecule has 1 aromatic rings. The highest BCUT2D eigenvalue weighted by Gasteiger charge is 1.97. The lowest BCUT2D eigenvalue weighted by molar-refractivity contribution is 0.535. The summed E-state index contributed by atoms with van der Waals surface area (Å²) in [6.07, 6.45) is 3.78. The first-order valence-electron chi connectivity index (χ1n) is 6.86. The van der Waals surface area contributed by atoms with Crippen molar-refractivity contribution in [2.75, 3.05) is 13.1 Å². The van der Waals surface area contributed by atoms with E-state index in [1.165, 1.54) is 36.0 Å². The summed E-state index contributed by atoms with van der Waals surface area (Å²) in [5, 5.41) is 3.49. The van der Waals surface area contributed by atoms with Crippen molar-refractivity contribution in [3.63, 3.8) is 0 Å². The summed E-state index contributed by atoms with van der Waals surface area (Å²) < 4.78 is 0. The highest BCUT2D eigenvalue weighted by Crippen LogP contribution is 2.11. The van der Waals surface area contributed by atoms with Crippen molar-refractivity contribution in [2.24, 2.45) is 5.92 Å². The number of nitrogens with one attached hydrogen (secondary N) is 1. The van der Waals surface area contributed by atoms with E-state index in [-0.39, 0.29) is 0 Å². The third-order valence-electron chi connectivity index (χ3n) is 2.90. The summed E-state index contributed by atoms with van der Waals surface area (Å²) in [4.78, 5) is 0. The van der Waals surface area contributed by atoms with Gasteiger partial charge >= 0.3 is 0 Å². The Morgan fingerprint density at radius 1 is 1.00 bits per heavy atom. The minimum atomic E-state index is 0.759. The molecule has 0 aliphatic carbocycles. The van der Waals surface area contributed by atoms with Crippen molar-refractivity contribution in [1.82, 2.24) is 5.32 Å². The van der Waals surface area contributed by atoms with Crippen LogP contribution in [0.1, 0.15) is 43.4 Å². The fourth-order valence-corrected chi connectivity index (χ4v) is 2.18. The summed E-state index contributed by atoms with van der Waals surface area (Å²) in [7, 11) is 0. The van der Waals surface area contributed by atoms with Gasteiger partial charge in [-0.1, -0.05) is 43.2 Å². The lowest BCUT2D eigenvalue weighted by atomic mass is 10.0. The van der Waals surface area contributed by atoms with Crippen molar-refractivity contribution in [1.29, 1.82) is 0 Å². The minimum Gasteiger partial charge on any atom is -0.316 e. The van der Waals surface area contributed by atoms with Gasteiger partial charge in [0.2, 0.25) is 0 Å². The van der Waals surface area contributed by atoms with Gasteiger partial charge < -0.3 is 5.32 Å². The average Bonchev–Trinajstić information content (AvgIpc) is 2.21. The van der Waals surface area contributed by atoms with Crippen molar-refractivity contribution in [3.05, 3.63) is 34.9 Å². The van der Waals surface area contributed by atoms with Crippen molar-refractivity contribution >= 4 is 0 Å². The topological polar surface area (TPSA) is 12.0 Å². The SMILES string of the molecule is Cc1cc(C)cc(CCCCNCC(C)C)c1. The Morgan fingerprint density at radius 3 is 2.24 bits per heavy atom. The molecule has 0 aliphatic rings. The number of hydrogen-bond acceptors (Lipinski definition) is 1. The average molecular weight is 233 g/mol. The van der Waals surface area contributed by atoms with Crippen LogP contribution in [0.2, 0.25) is 0 Å². The van der Waals surface area contributed by atoms with Gasteiger partial charge in [-0.25, -0.2) is 0 Å². The molecule has 0 bridgehead atoms. The van der Waals surface area contributed by atoms with Crippen molar-refractivity contribution < 1.29 is 0 Å². The molecule has 1 aromatic carbocycles. The van der Waals surface area contributed by atoms with E-state index >= 15 is 0 Å². The quantitative estimate of drug-likeness (QED) is 0.705. The van der Waals surface area contributed by atoms with E-state index in [0.717, 1.165) is 19.0 Å². The van der Waals surface area contributed by atoms with Crippen LogP contribution < -0.4 is 5.32 Å². The van der Waals surface area contributed by atoms with Crippen molar-refractivity contribution in [3.8, 4) is 0 Å². The Bertz CT molecular complexity index is 308. The minimum absolute atomic E-state index is 0.759. The van der Waals surface area contributed by atoms with E-state index < -0.39 is 0 Å². The Hall–Kier alpha value is -0.820. The maximum absolute atomic E-state index is 3.49. The number of aryl methyl sites for hydroxylation is 3. The molecular weight excluding hydrogens is 206 g/mol. The fraction of sp³-hybridized carbons (Fsp3) is 0.625. The van der Waals surface area contributed by atoms with Crippen LogP contribution in [-0.2, 0) is 6.42 Å².